The standard InChI is InChI=1S/C20H16ClN3O/c1-13-3-4-14(2)24(13)17-9-10-19(21)18(11-17)20(25)23-16-7-5-15(12-22)6-8-16/h3-11H,1-2H3,(H,23,25). The summed E-state index contributed by atoms with van der Waals surface area (Å²) in [6.45, 7) is 4.02. The Labute approximate surface area is 151 Å². The van der Waals surface area contributed by atoms with E-state index in [-0.39, 0.29) is 5.91 Å². The van der Waals surface area contributed by atoms with Crippen molar-refractivity contribution >= 4 is 23.2 Å². The van der Waals surface area contributed by atoms with E-state index in [2.05, 4.69) is 9.88 Å². The summed E-state index contributed by atoms with van der Waals surface area (Å²) in [6, 6.07) is 18.2. The average Bonchev–Trinajstić information content (AvgIpc) is 2.95. The molecule has 1 aromatic heterocycles. The Kier molecular flexibility index (Phi) is 4.60. The fraction of sp³-hybridized carbons (Fsp3) is 0.100. The van der Waals surface area contributed by atoms with Crippen LogP contribution in [0.4, 0.5) is 5.69 Å². The Bertz CT molecular complexity index is 962. The van der Waals surface area contributed by atoms with Crippen LogP contribution in [0.1, 0.15) is 27.3 Å². The van der Waals surface area contributed by atoms with Gasteiger partial charge in [0.25, 0.3) is 5.91 Å². The molecule has 0 fully saturated rings. The van der Waals surface area contributed by atoms with Gasteiger partial charge in [0.15, 0.2) is 0 Å². The second-order valence-corrected chi connectivity index (χ2v) is 6.17. The normalized spacial score (nSPS) is 10.3. The number of carbonyl (C=O) groups excluding carboxylic acids is 1. The second kappa shape index (κ2) is 6.84. The Hall–Kier alpha value is -3.03. The topological polar surface area (TPSA) is 57.8 Å². The summed E-state index contributed by atoms with van der Waals surface area (Å²) < 4.78 is 2.06. The first kappa shape index (κ1) is 16.8. The maximum atomic E-state index is 12.6. The lowest BCUT2D eigenvalue weighted by Gasteiger charge is -2.13. The number of hydrogen-bond acceptors (Lipinski definition) is 2. The predicted molar refractivity (Wildman–Crippen MR) is 99.4 cm³/mol. The smallest absolute Gasteiger partial charge is 0.257 e. The van der Waals surface area contributed by atoms with Crippen LogP contribution in [-0.2, 0) is 0 Å². The summed E-state index contributed by atoms with van der Waals surface area (Å²) in [5, 5.41) is 12.0. The molecule has 0 unspecified atom stereocenters. The Morgan fingerprint density at radius 3 is 2.28 bits per heavy atom. The summed E-state index contributed by atoms with van der Waals surface area (Å²) >= 11 is 6.23. The van der Waals surface area contributed by atoms with Crippen LogP contribution in [0.2, 0.25) is 5.02 Å². The molecule has 0 bridgehead atoms. The van der Waals surface area contributed by atoms with E-state index in [9.17, 15) is 4.79 Å². The van der Waals surface area contributed by atoms with Crippen LogP contribution in [0.5, 0.6) is 0 Å². The van der Waals surface area contributed by atoms with E-state index in [0.29, 0.717) is 21.8 Å². The lowest BCUT2D eigenvalue weighted by molar-refractivity contribution is 0.102. The third-order valence-corrected chi connectivity index (χ3v) is 4.33. The van der Waals surface area contributed by atoms with Crippen LogP contribution in [-0.4, -0.2) is 10.5 Å². The summed E-state index contributed by atoms with van der Waals surface area (Å²) in [6.07, 6.45) is 0. The molecule has 3 aromatic rings. The molecular formula is C20H16ClN3O. The molecule has 0 radical (unpaired) electrons. The van der Waals surface area contributed by atoms with Crippen LogP contribution in [0.3, 0.4) is 0 Å². The highest BCUT2D eigenvalue weighted by Gasteiger charge is 2.14. The van der Waals surface area contributed by atoms with E-state index < -0.39 is 0 Å². The van der Waals surface area contributed by atoms with Gasteiger partial charge in [0.05, 0.1) is 22.2 Å². The molecule has 0 saturated carbocycles. The van der Waals surface area contributed by atoms with Gasteiger partial charge in [-0.25, -0.2) is 0 Å². The molecule has 4 nitrogen and oxygen atoms in total. The van der Waals surface area contributed by atoms with Gasteiger partial charge in [0, 0.05) is 22.8 Å². The number of hydrogen-bond donors (Lipinski definition) is 1. The first-order chi connectivity index (χ1) is 12.0. The van der Waals surface area contributed by atoms with E-state index >= 15 is 0 Å². The van der Waals surface area contributed by atoms with Crippen molar-refractivity contribution in [3.05, 3.63) is 82.1 Å². The van der Waals surface area contributed by atoms with Gasteiger partial charge in [-0.2, -0.15) is 5.26 Å². The zero-order valence-electron chi connectivity index (χ0n) is 13.9. The number of rotatable bonds is 3. The molecule has 5 heteroatoms. The van der Waals surface area contributed by atoms with E-state index in [1.807, 2.05) is 38.1 Å². The van der Waals surface area contributed by atoms with Crippen LogP contribution in [0.25, 0.3) is 5.69 Å². The van der Waals surface area contributed by atoms with Crippen molar-refractivity contribution in [1.29, 1.82) is 5.26 Å². The van der Waals surface area contributed by atoms with Crippen LogP contribution < -0.4 is 5.32 Å². The molecule has 3 rings (SSSR count). The number of nitriles is 1. The summed E-state index contributed by atoms with van der Waals surface area (Å²) in [7, 11) is 0. The molecule has 1 N–H and O–H groups in total. The number of aromatic nitrogens is 1. The quantitative estimate of drug-likeness (QED) is 0.733. The largest absolute Gasteiger partial charge is 0.322 e. The highest BCUT2D eigenvalue weighted by Crippen LogP contribution is 2.24. The fourth-order valence-corrected chi connectivity index (χ4v) is 2.93. The van der Waals surface area contributed by atoms with Gasteiger partial charge in [-0.05, 0) is 68.4 Å². The minimum Gasteiger partial charge on any atom is -0.322 e. The van der Waals surface area contributed by atoms with Crippen molar-refractivity contribution in [2.45, 2.75) is 13.8 Å². The third-order valence-electron chi connectivity index (χ3n) is 4.00. The molecule has 0 saturated heterocycles. The average molecular weight is 350 g/mol. The summed E-state index contributed by atoms with van der Waals surface area (Å²) in [5.41, 5.74) is 4.59. The number of halogens is 1. The monoisotopic (exact) mass is 349 g/mol. The van der Waals surface area contributed by atoms with Gasteiger partial charge < -0.3 is 9.88 Å². The summed E-state index contributed by atoms with van der Waals surface area (Å²) in [4.78, 5) is 12.6. The zero-order chi connectivity index (χ0) is 18.0. The van der Waals surface area contributed by atoms with Gasteiger partial charge >= 0.3 is 0 Å². The maximum Gasteiger partial charge on any atom is 0.257 e. The SMILES string of the molecule is Cc1ccc(C)n1-c1ccc(Cl)c(C(=O)Nc2ccc(C#N)cc2)c1. The van der Waals surface area contributed by atoms with Crippen LogP contribution >= 0.6 is 11.6 Å². The first-order valence-electron chi connectivity index (χ1n) is 7.76. The van der Waals surface area contributed by atoms with Crippen molar-refractivity contribution in [2.75, 3.05) is 5.32 Å². The number of aryl methyl sites for hydroxylation is 2. The Morgan fingerprint density at radius 2 is 1.68 bits per heavy atom. The first-order valence-corrected chi connectivity index (χ1v) is 8.14. The Balaban J connectivity index is 1.92. The van der Waals surface area contributed by atoms with Crippen LogP contribution in [0.15, 0.2) is 54.6 Å². The summed E-state index contributed by atoms with van der Waals surface area (Å²) in [5.74, 6) is -0.293. The molecular weight excluding hydrogens is 334 g/mol. The molecule has 25 heavy (non-hydrogen) atoms. The van der Waals surface area contributed by atoms with Gasteiger partial charge in [0.2, 0.25) is 0 Å². The fourth-order valence-electron chi connectivity index (χ4n) is 2.73. The third kappa shape index (κ3) is 3.42. The van der Waals surface area contributed by atoms with Crippen molar-refractivity contribution < 1.29 is 4.79 Å². The molecule has 0 atom stereocenters. The maximum absolute atomic E-state index is 12.6. The van der Waals surface area contributed by atoms with Crippen molar-refractivity contribution in [3.8, 4) is 11.8 Å². The van der Waals surface area contributed by atoms with Gasteiger partial charge in [-0.1, -0.05) is 11.6 Å². The number of amides is 1. The van der Waals surface area contributed by atoms with Gasteiger partial charge in [-0.3, -0.25) is 4.79 Å². The predicted octanol–water partition coefficient (Wildman–Crippen LogP) is 4.87. The number of nitrogens with one attached hydrogen (secondary N) is 1. The molecule has 1 heterocycles. The number of anilines is 1. The van der Waals surface area contributed by atoms with E-state index in [4.69, 9.17) is 16.9 Å². The molecule has 1 amide bonds. The minimum atomic E-state index is -0.293. The van der Waals surface area contributed by atoms with E-state index in [0.717, 1.165) is 17.1 Å². The highest BCUT2D eigenvalue weighted by molar-refractivity contribution is 6.34. The zero-order valence-corrected chi connectivity index (χ0v) is 14.6. The molecule has 0 aliphatic rings. The van der Waals surface area contributed by atoms with Crippen molar-refractivity contribution in [1.82, 2.24) is 4.57 Å². The number of carbonyl (C=O) groups is 1. The lowest BCUT2D eigenvalue weighted by atomic mass is 10.1. The lowest BCUT2D eigenvalue weighted by Crippen LogP contribution is -2.13. The van der Waals surface area contributed by atoms with E-state index in [1.165, 1.54) is 0 Å². The highest BCUT2D eigenvalue weighted by atomic mass is 35.5. The minimum absolute atomic E-state index is 0.293. The Morgan fingerprint density at radius 1 is 1.04 bits per heavy atom. The van der Waals surface area contributed by atoms with Gasteiger partial charge in [-0.15, -0.1) is 0 Å². The van der Waals surface area contributed by atoms with E-state index in [1.54, 1.807) is 36.4 Å². The molecule has 0 aliphatic heterocycles. The second-order valence-electron chi connectivity index (χ2n) is 5.76. The molecule has 124 valence electrons. The van der Waals surface area contributed by atoms with Crippen molar-refractivity contribution in [2.24, 2.45) is 0 Å². The molecule has 0 aliphatic carbocycles. The molecule has 2 aromatic carbocycles. The van der Waals surface area contributed by atoms with Crippen molar-refractivity contribution in [3.63, 3.8) is 0 Å². The number of nitrogens with zero attached hydrogens (tertiary/aromatic N) is 2. The van der Waals surface area contributed by atoms with Gasteiger partial charge in [0.1, 0.15) is 0 Å². The van der Waals surface area contributed by atoms with Crippen LogP contribution in [0, 0.1) is 25.2 Å². The number of benzene rings is 2. The molecule has 0 spiro atoms.